The molecule has 1 fully saturated rings. The average molecular weight is 463 g/mol. The maximum absolute atomic E-state index is 13.2. The zero-order valence-electron chi connectivity index (χ0n) is 18.1. The van der Waals surface area contributed by atoms with Gasteiger partial charge in [-0.25, -0.2) is 12.8 Å². The number of benzene rings is 2. The van der Waals surface area contributed by atoms with Crippen LogP contribution in [0.1, 0.15) is 32.3 Å². The molecule has 0 radical (unpaired) electrons. The van der Waals surface area contributed by atoms with E-state index in [1.807, 2.05) is 19.9 Å². The van der Waals surface area contributed by atoms with Crippen molar-refractivity contribution in [2.24, 2.45) is 5.92 Å². The van der Waals surface area contributed by atoms with Crippen molar-refractivity contribution in [3.63, 3.8) is 0 Å². The molecule has 32 heavy (non-hydrogen) atoms. The van der Waals surface area contributed by atoms with Crippen LogP contribution in [0.25, 0.3) is 0 Å². The topological polar surface area (TPSA) is 84.9 Å². The minimum Gasteiger partial charge on any atom is -0.492 e. The van der Waals surface area contributed by atoms with Gasteiger partial charge in [0.15, 0.2) is 0 Å². The second-order valence-electron chi connectivity index (χ2n) is 8.17. The van der Waals surface area contributed by atoms with Crippen molar-refractivity contribution in [1.82, 2.24) is 4.31 Å². The maximum Gasteiger partial charge on any atom is 0.243 e. The van der Waals surface area contributed by atoms with Crippen LogP contribution in [0.2, 0.25) is 0 Å². The van der Waals surface area contributed by atoms with Gasteiger partial charge < -0.3 is 14.8 Å². The van der Waals surface area contributed by atoms with Gasteiger partial charge in [-0.3, -0.25) is 4.79 Å². The highest BCUT2D eigenvalue weighted by molar-refractivity contribution is 7.89. The predicted molar refractivity (Wildman–Crippen MR) is 118 cm³/mol. The van der Waals surface area contributed by atoms with E-state index in [1.54, 1.807) is 6.07 Å². The van der Waals surface area contributed by atoms with E-state index in [0.29, 0.717) is 37.4 Å². The number of nitrogens with zero attached hydrogens (tertiary/aromatic N) is 1. The third kappa shape index (κ3) is 4.59. The Labute approximate surface area is 187 Å². The summed E-state index contributed by atoms with van der Waals surface area (Å²) in [4.78, 5) is 13.1. The molecule has 2 unspecified atom stereocenters. The molecule has 0 saturated carbocycles. The SMILES string of the molecule is CCOc1cc2c(cc1NC(=O)C1CCCN(S(=O)(=O)c3ccc(F)cc3)C1)OC(C)C2. The number of sulfonamides is 1. The van der Waals surface area contributed by atoms with E-state index >= 15 is 0 Å². The van der Waals surface area contributed by atoms with Crippen LogP contribution in [0.3, 0.4) is 0 Å². The van der Waals surface area contributed by atoms with Crippen molar-refractivity contribution in [3.8, 4) is 11.5 Å². The Balaban J connectivity index is 1.50. The first-order chi connectivity index (χ1) is 15.3. The number of ether oxygens (including phenoxy) is 2. The second-order valence-corrected chi connectivity index (χ2v) is 10.1. The van der Waals surface area contributed by atoms with Gasteiger partial charge in [-0.15, -0.1) is 0 Å². The lowest BCUT2D eigenvalue weighted by molar-refractivity contribution is -0.120. The molecule has 0 bridgehead atoms. The Kier molecular flexibility index (Phi) is 6.39. The van der Waals surface area contributed by atoms with Crippen molar-refractivity contribution in [3.05, 3.63) is 47.8 Å². The molecule has 9 heteroatoms. The number of fused-ring (bicyclic) bond motifs is 1. The van der Waals surface area contributed by atoms with Gasteiger partial charge in [-0.1, -0.05) is 0 Å². The van der Waals surface area contributed by atoms with Gasteiger partial charge in [-0.2, -0.15) is 4.31 Å². The first kappa shape index (κ1) is 22.5. The zero-order chi connectivity index (χ0) is 22.9. The molecule has 0 aromatic heterocycles. The van der Waals surface area contributed by atoms with E-state index < -0.39 is 21.8 Å². The Morgan fingerprint density at radius 3 is 2.75 bits per heavy atom. The lowest BCUT2D eigenvalue weighted by Gasteiger charge is -2.31. The zero-order valence-corrected chi connectivity index (χ0v) is 19.0. The molecule has 1 amide bonds. The third-order valence-electron chi connectivity index (χ3n) is 5.76. The normalized spacial score (nSPS) is 21.0. The number of carbonyl (C=O) groups excluding carboxylic acids is 1. The van der Waals surface area contributed by atoms with Crippen LogP contribution < -0.4 is 14.8 Å². The van der Waals surface area contributed by atoms with Gasteiger partial charge in [0.05, 0.1) is 23.1 Å². The van der Waals surface area contributed by atoms with Crippen LogP contribution in [-0.2, 0) is 21.2 Å². The molecule has 0 aliphatic carbocycles. The van der Waals surface area contributed by atoms with Crippen LogP contribution in [-0.4, -0.2) is 44.4 Å². The number of amides is 1. The number of carbonyl (C=O) groups is 1. The van der Waals surface area contributed by atoms with Gasteiger partial charge in [0.25, 0.3) is 0 Å². The Morgan fingerprint density at radius 1 is 1.28 bits per heavy atom. The molecule has 1 saturated heterocycles. The molecule has 2 aromatic carbocycles. The van der Waals surface area contributed by atoms with E-state index in [1.165, 1.54) is 16.4 Å². The molecule has 2 aliphatic heterocycles. The highest BCUT2D eigenvalue weighted by Crippen LogP contribution is 2.38. The van der Waals surface area contributed by atoms with E-state index in [0.717, 1.165) is 29.9 Å². The lowest BCUT2D eigenvalue weighted by atomic mass is 9.98. The van der Waals surface area contributed by atoms with Gasteiger partial charge in [0, 0.05) is 31.1 Å². The van der Waals surface area contributed by atoms with Gasteiger partial charge in [-0.05, 0) is 57.0 Å². The third-order valence-corrected chi connectivity index (χ3v) is 7.64. The summed E-state index contributed by atoms with van der Waals surface area (Å²) in [5.74, 6) is 0.0134. The summed E-state index contributed by atoms with van der Waals surface area (Å²) in [6, 6.07) is 8.39. The first-order valence-electron chi connectivity index (χ1n) is 10.8. The summed E-state index contributed by atoms with van der Waals surface area (Å²) in [5, 5.41) is 2.91. The van der Waals surface area contributed by atoms with Gasteiger partial charge in [0.2, 0.25) is 15.9 Å². The number of piperidine rings is 1. The number of rotatable bonds is 6. The molecular formula is C23H27FN2O5S. The molecule has 4 rings (SSSR count). The molecule has 2 heterocycles. The molecule has 0 spiro atoms. The highest BCUT2D eigenvalue weighted by atomic mass is 32.2. The van der Waals surface area contributed by atoms with Crippen molar-refractivity contribution < 1.29 is 27.1 Å². The number of halogens is 1. The van der Waals surface area contributed by atoms with Gasteiger partial charge in [0.1, 0.15) is 23.4 Å². The van der Waals surface area contributed by atoms with E-state index in [-0.39, 0.29) is 23.5 Å². The number of hydrogen-bond acceptors (Lipinski definition) is 5. The van der Waals surface area contributed by atoms with Crippen LogP contribution in [0.5, 0.6) is 11.5 Å². The minimum absolute atomic E-state index is 0.0171. The van der Waals surface area contributed by atoms with Crippen LogP contribution in [0.15, 0.2) is 41.3 Å². The molecular weight excluding hydrogens is 435 g/mol. The number of nitrogens with one attached hydrogen (secondary N) is 1. The average Bonchev–Trinajstić information content (AvgIpc) is 3.13. The minimum atomic E-state index is -3.81. The summed E-state index contributed by atoms with van der Waals surface area (Å²) >= 11 is 0. The standard InChI is InChI=1S/C23H27FN2O5S/c1-3-30-22-12-17-11-15(2)31-21(17)13-20(22)25-23(27)16-5-4-10-26(14-16)32(28,29)19-8-6-18(24)7-9-19/h6-9,12-13,15-16H,3-5,10-11,14H2,1-2H3,(H,25,27). The molecule has 1 N–H and O–H groups in total. The molecule has 2 aliphatic rings. The molecule has 2 atom stereocenters. The van der Waals surface area contributed by atoms with Gasteiger partial charge >= 0.3 is 0 Å². The summed E-state index contributed by atoms with van der Waals surface area (Å²) in [5.41, 5.74) is 1.55. The van der Waals surface area contributed by atoms with Crippen molar-refractivity contribution >= 4 is 21.6 Å². The number of anilines is 1. The van der Waals surface area contributed by atoms with E-state index in [4.69, 9.17) is 9.47 Å². The fraction of sp³-hybridized carbons (Fsp3) is 0.435. The van der Waals surface area contributed by atoms with Crippen molar-refractivity contribution in [2.45, 2.75) is 44.1 Å². The summed E-state index contributed by atoms with van der Waals surface area (Å²) < 4.78 is 51.9. The van der Waals surface area contributed by atoms with Crippen LogP contribution in [0.4, 0.5) is 10.1 Å². The van der Waals surface area contributed by atoms with E-state index in [2.05, 4.69) is 5.32 Å². The lowest BCUT2D eigenvalue weighted by Crippen LogP contribution is -2.43. The number of hydrogen-bond donors (Lipinski definition) is 1. The summed E-state index contributed by atoms with van der Waals surface area (Å²) in [6.07, 6.45) is 1.97. The van der Waals surface area contributed by atoms with Crippen molar-refractivity contribution in [1.29, 1.82) is 0 Å². The van der Waals surface area contributed by atoms with E-state index in [9.17, 15) is 17.6 Å². The summed E-state index contributed by atoms with van der Waals surface area (Å²) in [7, 11) is -3.81. The van der Waals surface area contributed by atoms with Crippen molar-refractivity contribution in [2.75, 3.05) is 25.0 Å². The quantitative estimate of drug-likeness (QED) is 0.709. The first-order valence-corrected chi connectivity index (χ1v) is 12.2. The monoisotopic (exact) mass is 462 g/mol. The second kappa shape index (κ2) is 9.07. The smallest absolute Gasteiger partial charge is 0.243 e. The Morgan fingerprint density at radius 2 is 2.03 bits per heavy atom. The summed E-state index contributed by atoms with van der Waals surface area (Å²) in [6.45, 7) is 4.69. The molecule has 2 aromatic rings. The van der Waals surface area contributed by atoms with Crippen LogP contribution >= 0.6 is 0 Å². The predicted octanol–water partition coefficient (Wildman–Crippen LogP) is 3.59. The van der Waals surface area contributed by atoms with Crippen LogP contribution in [0, 0.1) is 11.7 Å². The fourth-order valence-electron chi connectivity index (χ4n) is 4.18. The fourth-order valence-corrected chi connectivity index (χ4v) is 5.70. The largest absolute Gasteiger partial charge is 0.492 e. The molecule has 172 valence electrons. The molecule has 7 nitrogen and oxygen atoms in total. The Hall–Kier alpha value is -2.65. The Bertz CT molecular complexity index is 1100. The highest BCUT2D eigenvalue weighted by Gasteiger charge is 2.34. The maximum atomic E-state index is 13.2.